The van der Waals surface area contributed by atoms with Gasteiger partial charge in [0.25, 0.3) is 0 Å². The SMILES string of the molecule is CCCCCNc1nccc(NCCC(C)C)n1. The van der Waals surface area contributed by atoms with Crippen molar-refractivity contribution in [2.24, 2.45) is 5.92 Å². The first-order valence-corrected chi connectivity index (χ1v) is 7.03. The van der Waals surface area contributed by atoms with E-state index in [0.717, 1.165) is 31.3 Å². The van der Waals surface area contributed by atoms with Gasteiger partial charge in [-0.3, -0.25) is 0 Å². The molecule has 0 aliphatic carbocycles. The lowest BCUT2D eigenvalue weighted by molar-refractivity contribution is 0.606. The molecule has 0 atom stereocenters. The van der Waals surface area contributed by atoms with Crippen LogP contribution in [0.3, 0.4) is 0 Å². The summed E-state index contributed by atoms with van der Waals surface area (Å²) in [5.41, 5.74) is 0. The van der Waals surface area contributed by atoms with Gasteiger partial charge in [-0.1, -0.05) is 33.6 Å². The molecular weight excluding hydrogens is 224 g/mol. The van der Waals surface area contributed by atoms with Gasteiger partial charge in [-0.25, -0.2) is 4.98 Å². The Kier molecular flexibility index (Phi) is 7.14. The molecule has 0 aromatic carbocycles. The third-order valence-electron chi connectivity index (χ3n) is 2.75. The Bertz CT molecular complexity index is 325. The van der Waals surface area contributed by atoms with Crippen LogP contribution in [-0.4, -0.2) is 23.1 Å². The summed E-state index contributed by atoms with van der Waals surface area (Å²) < 4.78 is 0. The Balaban J connectivity index is 2.32. The van der Waals surface area contributed by atoms with E-state index in [1.165, 1.54) is 19.3 Å². The van der Waals surface area contributed by atoms with Crippen molar-refractivity contribution in [3.05, 3.63) is 12.3 Å². The van der Waals surface area contributed by atoms with Crippen molar-refractivity contribution in [2.45, 2.75) is 46.5 Å². The summed E-state index contributed by atoms with van der Waals surface area (Å²) in [4.78, 5) is 8.65. The number of nitrogens with zero attached hydrogens (tertiary/aromatic N) is 2. The van der Waals surface area contributed by atoms with Gasteiger partial charge in [0.2, 0.25) is 5.95 Å². The molecule has 102 valence electrons. The smallest absolute Gasteiger partial charge is 0.224 e. The Morgan fingerprint density at radius 2 is 2.00 bits per heavy atom. The number of nitrogens with one attached hydrogen (secondary N) is 2. The van der Waals surface area contributed by atoms with Crippen LogP contribution >= 0.6 is 0 Å². The van der Waals surface area contributed by atoms with Gasteiger partial charge in [0.05, 0.1) is 0 Å². The summed E-state index contributed by atoms with van der Waals surface area (Å²) >= 11 is 0. The number of hydrogen-bond acceptors (Lipinski definition) is 4. The van der Waals surface area contributed by atoms with Gasteiger partial charge in [0.15, 0.2) is 0 Å². The van der Waals surface area contributed by atoms with Crippen LogP contribution in [0, 0.1) is 5.92 Å². The quantitative estimate of drug-likeness (QED) is 0.658. The molecule has 1 aromatic rings. The highest BCUT2D eigenvalue weighted by Crippen LogP contribution is 2.07. The zero-order valence-corrected chi connectivity index (χ0v) is 11.9. The van der Waals surface area contributed by atoms with Crippen LogP contribution in [0.5, 0.6) is 0 Å². The van der Waals surface area contributed by atoms with Gasteiger partial charge in [-0.15, -0.1) is 0 Å². The van der Waals surface area contributed by atoms with Crippen LogP contribution in [0.4, 0.5) is 11.8 Å². The minimum Gasteiger partial charge on any atom is -0.370 e. The maximum Gasteiger partial charge on any atom is 0.224 e. The summed E-state index contributed by atoms with van der Waals surface area (Å²) in [5.74, 6) is 2.34. The largest absolute Gasteiger partial charge is 0.370 e. The van der Waals surface area contributed by atoms with E-state index >= 15 is 0 Å². The summed E-state index contributed by atoms with van der Waals surface area (Å²) in [5, 5.41) is 6.58. The van der Waals surface area contributed by atoms with E-state index < -0.39 is 0 Å². The van der Waals surface area contributed by atoms with E-state index in [1.807, 2.05) is 6.07 Å². The molecule has 0 unspecified atom stereocenters. The number of anilines is 2. The van der Waals surface area contributed by atoms with Crippen molar-refractivity contribution in [3.8, 4) is 0 Å². The zero-order chi connectivity index (χ0) is 13.2. The fraction of sp³-hybridized carbons (Fsp3) is 0.714. The Morgan fingerprint density at radius 1 is 1.17 bits per heavy atom. The van der Waals surface area contributed by atoms with E-state index in [-0.39, 0.29) is 0 Å². The van der Waals surface area contributed by atoms with E-state index in [0.29, 0.717) is 5.92 Å². The van der Waals surface area contributed by atoms with E-state index in [2.05, 4.69) is 41.4 Å². The lowest BCUT2D eigenvalue weighted by atomic mass is 10.1. The average molecular weight is 250 g/mol. The Morgan fingerprint density at radius 3 is 2.72 bits per heavy atom. The van der Waals surface area contributed by atoms with Crippen LogP contribution < -0.4 is 10.6 Å². The second kappa shape index (κ2) is 8.72. The molecule has 4 heteroatoms. The highest BCUT2D eigenvalue weighted by Gasteiger charge is 1.99. The maximum atomic E-state index is 4.43. The third-order valence-corrected chi connectivity index (χ3v) is 2.75. The molecule has 18 heavy (non-hydrogen) atoms. The van der Waals surface area contributed by atoms with Crippen LogP contribution in [0.1, 0.15) is 46.5 Å². The molecule has 4 nitrogen and oxygen atoms in total. The molecular formula is C14H26N4. The van der Waals surface area contributed by atoms with Crippen molar-refractivity contribution in [1.82, 2.24) is 9.97 Å². The molecule has 0 aliphatic rings. The molecule has 1 heterocycles. The predicted molar refractivity (Wildman–Crippen MR) is 78.0 cm³/mol. The summed E-state index contributed by atoms with van der Waals surface area (Å²) in [7, 11) is 0. The molecule has 1 rings (SSSR count). The fourth-order valence-electron chi connectivity index (χ4n) is 1.61. The maximum absolute atomic E-state index is 4.43. The zero-order valence-electron chi connectivity index (χ0n) is 11.9. The average Bonchev–Trinajstić information content (AvgIpc) is 2.35. The molecule has 2 N–H and O–H groups in total. The van der Waals surface area contributed by atoms with Gasteiger partial charge < -0.3 is 10.6 Å². The molecule has 0 saturated heterocycles. The van der Waals surface area contributed by atoms with Crippen molar-refractivity contribution >= 4 is 11.8 Å². The van der Waals surface area contributed by atoms with Crippen LogP contribution in [-0.2, 0) is 0 Å². The molecule has 0 spiro atoms. The summed E-state index contributed by atoms with van der Waals surface area (Å²) in [6, 6.07) is 1.91. The fourth-order valence-corrected chi connectivity index (χ4v) is 1.61. The van der Waals surface area contributed by atoms with Gasteiger partial charge in [0.1, 0.15) is 5.82 Å². The van der Waals surface area contributed by atoms with Gasteiger partial charge >= 0.3 is 0 Å². The summed E-state index contributed by atoms with van der Waals surface area (Å²) in [6.07, 6.45) is 6.61. The first kappa shape index (κ1) is 14.7. The minimum atomic E-state index is 0.714. The third kappa shape index (κ3) is 6.42. The van der Waals surface area contributed by atoms with Crippen molar-refractivity contribution in [1.29, 1.82) is 0 Å². The Labute approximate surface area is 111 Å². The molecule has 0 bridgehead atoms. The molecule has 0 radical (unpaired) electrons. The van der Waals surface area contributed by atoms with Crippen LogP contribution in [0.25, 0.3) is 0 Å². The Hall–Kier alpha value is -1.32. The number of hydrogen-bond donors (Lipinski definition) is 2. The van der Waals surface area contributed by atoms with Gasteiger partial charge in [-0.2, -0.15) is 4.98 Å². The molecule has 0 saturated carbocycles. The van der Waals surface area contributed by atoms with Crippen molar-refractivity contribution in [2.75, 3.05) is 23.7 Å². The van der Waals surface area contributed by atoms with Crippen molar-refractivity contribution < 1.29 is 0 Å². The van der Waals surface area contributed by atoms with Gasteiger partial charge in [-0.05, 0) is 24.8 Å². The van der Waals surface area contributed by atoms with E-state index in [9.17, 15) is 0 Å². The first-order valence-electron chi connectivity index (χ1n) is 7.03. The first-order chi connectivity index (χ1) is 8.72. The summed E-state index contributed by atoms with van der Waals surface area (Å²) in [6.45, 7) is 8.56. The normalized spacial score (nSPS) is 10.7. The molecule has 0 fully saturated rings. The van der Waals surface area contributed by atoms with Crippen LogP contribution in [0.2, 0.25) is 0 Å². The molecule has 1 aromatic heterocycles. The highest BCUT2D eigenvalue weighted by molar-refractivity contribution is 5.39. The standard InChI is InChI=1S/C14H26N4/c1-4-5-6-9-16-14-17-11-8-13(18-14)15-10-7-12(2)3/h8,11-12H,4-7,9-10H2,1-3H3,(H2,15,16,17,18). The molecule has 0 amide bonds. The monoisotopic (exact) mass is 250 g/mol. The minimum absolute atomic E-state index is 0.714. The van der Waals surface area contributed by atoms with Crippen molar-refractivity contribution in [3.63, 3.8) is 0 Å². The highest BCUT2D eigenvalue weighted by atomic mass is 15.1. The lowest BCUT2D eigenvalue weighted by Gasteiger charge is -2.09. The second-order valence-electron chi connectivity index (χ2n) is 5.01. The van der Waals surface area contributed by atoms with Crippen LogP contribution in [0.15, 0.2) is 12.3 Å². The van der Waals surface area contributed by atoms with Gasteiger partial charge in [0, 0.05) is 19.3 Å². The number of aromatic nitrogens is 2. The predicted octanol–water partition coefficient (Wildman–Crippen LogP) is 3.54. The lowest BCUT2D eigenvalue weighted by Crippen LogP contribution is -2.09. The van der Waals surface area contributed by atoms with E-state index in [4.69, 9.17) is 0 Å². The van der Waals surface area contributed by atoms with E-state index in [1.54, 1.807) is 6.20 Å². The molecule has 0 aliphatic heterocycles. The second-order valence-corrected chi connectivity index (χ2v) is 5.01. The number of unbranched alkanes of at least 4 members (excludes halogenated alkanes) is 2. The number of rotatable bonds is 9. The topological polar surface area (TPSA) is 49.8 Å².